The lowest BCUT2D eigenvalue weighted by molar-refractivity contribution is 0.315. The molecule has 1 unspecified atom stereocenters. The van der Waals surface area contributed by atoms with E-state index in [9.17, 15) is 0 Å². The minimum absolute atomic E-state index is 0.431. The lowest BCUT2D eigenvalue weighted by Gasteiger charge is -2.15. The van der Waals surface area contributed by atoms with Crippen molar-refractivity contribution in [3.63, 3.8) is 0 Å². The van der Waals surface area contributed by atoms with Crippen LogP contribution in [0.1, 0.15) is 24.4 Å². The van der Waals surface area contributed by atoms with E-state index < -0.39 is 0 Å². The third kappa shape index (κ3) is 1.93. The van der Waals surface area contributed by atoms with E-state index >= 15 is 0 Å². The van der Waals surface area contributed by atoms with Gasteiger partial charge in [0.1, 0.15) is 5.75 Å². The molecule has 0 radical (unpaired) electrons. The Bertz CT molecular complexity index is 327. The molecule has 1 heterocycles. The van der Waals surface area contributed by atoms with Gasteiger partial charge in [0.25, 0.3) is 0 Å². The molecule has 0 saturated heterocycles. The van der Waals surface area contributed by atoms with Gasteiger partial charge in [-0.2, -0.15) is 0 Å². The number of hydrogen-bond donors (Lipinski definition) is 1. The van der Waals surface area contributed by atoms with E-state index in [0.29, 0.717) is 6.04 Å². The molecule has 2 nitrogen and oxygen atoms in total. The van der Waals surface area contributed by atoms with Crippen molar-refractivity contribution < 1.29 is 4.74 Å². The fourth-order valence-electron chi connectivity index (χ4n) is 1.85. The molecule has 1 aromatic rings. The van der Waals surface area contributed by atoms with Crippen LogP contribution in [0.5, 0.6) is 5.75 Å². The quantitative estimate of drug-likeness (QED) is 0.834. The minimum atomic E-state index is 0.431. The molecule has 76 valence electrons. The fraction of sp³-hybridized carbons (Fsp3) is 0.455. The summed E-state index contributed by atoms with van der Waals surface area (Å²) >= 11 is 3.46. The van der Waals surface area contributed by atoms with Gasteiger partial charge in [-0.3, -0.25) is 0 Å². The first-order valence-corrected chi connectivity index (χ1v) is 5.70. The third-order valence-corrected chi connectivity index (χ3v) is 3.09. The van der Waals surface area contributed by atoms with Crippen LogP contribution in [0, 0.1) is 0 Å². The van der Waals surface area contributed by atoms with Crippen LogP contribution in [0.25, 0.3) is 0 Å². The summed E-state index contributed by atoms with van der Waals surface area (Å²) in [6, 6.07) is 6.68. The second-order valence-corrected chi connectivity index (χ2v) is 4.43. The summed E-state index contributed by atoms with van der Waals surface area (Å²) in [6.45, 7) is 0.821. The molecule has 0 aromatic heterocycles. The predicted octanol–water partition coefficient (Wildman–Crippen LogP) is 2.88. The van der Waals surface area contributed by atoms with E-state index in [0.717, 1.165) is 29.7 Å². The molecule has 1 aliphatic rings. The monoisotopic (exact) mass is 255 g/mol. The van der Waals surface area contributed by atoms with Crippen molar-refractivity contribution in [2.75, 3.05) is 13.7 Å². The van der Waals surface area contributed by atoms with E-state index in [-0.39, 0.29) is 0 Å². The molecule has 14 heavy (non-hydrogen) atoms. The number of rotatable bonds is 1. The minimum Gasteiger partial charge on any atom is -0.493 e. The Morgan fingerprint density at radius 3 is 3.14 bits per heavy atom. The van der Waals surface area contributed by atoms with Crippen LogP contribution in [0.2, 0.25) is 0 Å². The van der Waals surface area contributed by atoms with E-state index in [2.05, 4.69) is 33.4 Å². The van der Waals surface area contributed by atoms with E-state index in [1.807, 2.05) is 13.1 Å². The molecule has 1 atom stereocenters. The molecule has 0 saturated carbocycles. The van der Waals surface area contributed by atoms with Gasteiger partial charge >= 0.3 is 0 Å². The molecule has 0 fully saturated rings. The summed E-state index contributed by atoms with van der Waals surface area (Å²) in [5, 5.41) is 3.32. The van der Waals surface area contributed by atoms with Gasteiger partial charge in [0.2, 0.25) is 0 Å². The van der Waals surface area contributed by atoms with Crippen LogP contribution in [0.15, 0.2) is 22.7 Å². The van der Waals surface area contributed by atoms with Crippen molar-refractivity contribution in [2.24, 2.45) is 0 Å². The van der Waals surface area contributed by atoms with Crippen LogP contribution in [0.4, 0.5) is 0 Å². The summed E-state index contributed by atoms with van der Waals surface area (Å²) in [5.74, 6) is 1.01. The van der Waals surface area contributed by atoms with E-state index in [4.69, 9.17) is 4.74 Å². The average Bonchev–Trinajstić information content (AvgIpc) is 2.38. The molecule has 0 aliphatic carbocycles. The molecule has 0 amide bonds. The van der Waals surface area contributed by atoms with Gasteiger partial charge in [0.15, 0.2) is 0 Å². The maximum absolute atomic E-state index is 5.69. The lowest BCUT2D eigenvalue weighted by atomic mass is 10.0. The van der Waals surface area contributed by atoms with Crippen LogP contribution in [-0.4, -0.2) is 13.7 Å². The van der Waals surface area contributed by atoms with Crippen LogP contribution in [0.3, 0.4) is 0 Å². The standard InChI is InChI=1S/C11H14BrNO/c1-13-10-3-2-6-14-11-7-8(12)4-5-9(10)11/h4-5,7,10,13H,2-3,6H2,1H3. The van der Waals surface area contributed by atoms with Crippen molar-refractivity contribution in [2.45, 2.75) is 18.9 Å². The van der Waals surface area contributed by atoms with E-state index in [1.54, 1.807) is 0 Å². The van der Waals surface area contributed by atoms with Crippen LogP contribution in [-0.2, 0) is 0 Å². The van der Waals surface area contributed by atoms with Gasteiger partial charge in [-0.25, -0.2) is 0 Å². The zero-order valence-corrected chi connectivity index (χ0v) is 9.80. The molecule has 0 spiro atoms. The van der Waals surface area contributed by atoms with Crippen LogP contribution < -0.4 is 10.1 Å². The Morgan fingerprint density at radius 2 is 2.36 bits per heavy atom. The highest BCUT2D eigenvalue weighted by Gasteiger charge is 2.17. The highest BCUT2D eigenvalue weighted by molar-refractivity contribution is 9.10. The molecule has 2 rings (SSSR count). The number of halogens is 1. The number of ether oxygens (including phenoxy) is 1. The molecule has 1 aromatic carbocycles. The zero-order chi connectivity index (χ0) is 9.97. The largest absolute Gasteiger partial charge is 0.493 e. The summed E-state index contributed by atoms with van der Waals surface area (Å²) in [4.78, 5) is 0. The Hall–Kier alpha value is -0.540. The highest BCUT2D eigenvalue weighted by atomic mass is 79.9. The molecular formula is C11H14BrNO. The maximum Gasteiger partial charge on any atom is 0.125 e. The first kappa shape index (κ1) is 9.99. The smallest absolute Gasteiger partial charge is 0.125 e. The van der Waals surface area contributed by atoms with Gasteiger partial charge < -0.3 is 10.1 Å². The van der Waals surface area contributed by atoms with Gasteiger partial charge in [-0.05, 0) is 32.0 Å². The number of fused-ring (bicyclic) bond motifs is 1. The second-order valence-electron chi connectivity index (χ2n) is 3.51. The molecule has 1 N–H and O–H groups in total. The van der Waals surface area contributed by atoms with Crippen molar-refractivity contribution in [1.29, 1.82) is 0 Å². The predicted molar refractivity (Wildman–Crippen MR) is 60.7 cm³/mol. The summed E-state index contributed by atoms with van der Waals surface area (Å²) in [5.41, 5.74) is 1.27. The van der Waals surface area contributed by atoms with Crippen molar-refractivity contribution in [3.05, 3.63) is 28.2 Å². The van der Waals surface area contributed by atoms with E-state index in [1.165, 1.54) is 5.56 Å². The van der Waals surface area contributed by atoms with Gasteiger partial charge in [0, 0.05) is 16.1 Å². The van der Waals surface area contributed by atoms with Crippen molar-refractivity contribution >= 4 is 15.9 Å². The fourth-order valence-corrected chi connectivity index (χ4v) is 2.19. The van der Waals surface area contributed by atoms with Gasteiger partial charge in [-0.15, -0.1) is 0 Å². The maximum atomic E-state index is 5.69. The SMILES string of the molecule is CNC1CCCOc2cc(Br)ccc21. The zero-order valence-electron chi connectivity index (χ0n) is 8.22. The van der Waals surface area contributed by atoms with Crippen LogP contribution >= 0.6 is 15.9 Å². The highest BCUT2D eigenvalue weighted by Crippen LogP contribution is 2.33. The van der Waals surface area contributed by atoms with Gasteiger partial charge in [0.05, 0.1) is 6.61 Å². The summed E-state index contributed by atoms with van der Waals surface area (Å²) in [6.07, 6.45) is 2.25. The molecule has 1 aliphatic heterocycles. The third-order valence-electron chi connectivity index (χ3n) is 2.59. The number of nitrogens with one attached hydrogen (secondary N) is 1. The Morgan fingerprint density at radius 1 is 1.50 bits per heavy atom. The normalized spacial score (nSPS) is 20.9. The Balaban J connectivity index is 2.39. The number of hydrogen-bond acceptors (Lipinski definition) is 2. The van der Waals surface area contributed by atoms with Crippen molar-refractivity contribution in [1.82, 2.24) is 5.32 Å². The first-order chi connectivity index (χ1) is 6.81. The topological polar surface area (TPSA) is 21.3 Å². The number of benzene rings is 1. The summed E-state index contributed by atoms with van der Waals surface area (Å²) < 4.78 is 6.77. The Kier molecular flexibility index (Phi) is 3.08. The summed E-state index contributed by atoms with van der Waals surface area (Å²) in [7, 11) is 2.00. The lowest BCUT2D eigenvalue weighted by Crippen LogP contribution is -2.15. The second kappa shape index (κ2) is 4.32. The first-order valence-electron chi connectivity index (χ1n) is 4.91. The van der Waals surface area contributed by atoms with Gasteiger partial charge in [-0.1, -0.05) is 22.0 Å². The van der Waals surface area contributed by atoms with Crippen molar-refractivity contribution in [3.8, 4) is 5.75 Å². The average molecular weight is 256 g/mol. The Labute approximate surface area is 92.8 Å². The molecule has 0 bridgehead atoms. The molecule has 3 heteroatoms. The molecular weight excluding hydrogens is 242 g/mol.